The first-order valence-corrected chi connectivity index (χ1v) is 10.2. The molecule has 154 valence electrons. The molecule has 1 aromatic heterocycles. The Balaban J connectivity index is 1.80. The number of carbonyl (C=O) groups is 2. The van der Waals surface area contributed by atoms with E-state index in [0.717, 1.165) is 22.7 Å². The van der Waals surface area contributed by atoms with Crippen molar-refractivity contribution >= 4 is 23.2 Å². The minimum Gasteiger partial charge on any atom is -0.466 e. The predicted octanol–water partition coefficient (Wildman–Crippen LogP) is 5.43. The molecule has 5 heteroatoms. The van der Waals surface area contributed by atoms with E-state index >= 15 is 0 Å². The summed E-state index contributed by atoms with van der Waals surface area (Å²) < 4.78 is 5.60. The van der Waals surface area contributed by atoms with E-state index in [1.54, 1.807) is 13.0 Å². The lowest BCUT2D eigenvalue weighted by Gasteiger charge is -2.43. The molecule has 0 N–H and O–H groups in total. The zero-order valence-electron chi connectivity index (χ0n) is 17.8. The van der Waals surface area contributed by atoms with Crippen LogP contribution in [0.25, 0.3) is 0 Å². The number of aryl methyl sites for hydroxylation is 2. The molecule has 2 heterocycles. The Morgan fingerprint density at radius 1 is 1.03 bits per heavy atom. The molecule has 0 fully saturated rings. The van der Waals surface area contributed by atoms with E-state index in [1.807, 2.05) is 85.2 Å². The number of anilines is 2. The summed E-state index contributed by atoms with van der Waals surface area (Å²) in [6.45, 7) is 7.29. The van der Waals surface area contributed by atoms with Gasteiger partial charge in [0.15, 0.2) is 0 Å². The Bertz CT molecular complexity index is 1090. The van der Waals surface area contributed by atoms with Gasteiger partial charge in [0.25, 0.3) is 5.91 Å². The van der Waals surface area contributed by atoms with Crippen LogP contribution in [0.2, 0.25) is 0 Å². The molecule has 1 aliphatic heterocycles. The van der Waals surface area contributed by atoms with Crippen LogP contribution in [0.4, 0.5) is 11.4 Å². The lowest BCUT2D eigenvalue weighted by atomic mass is 9.89. The molecule has 0 bridgehead atoms. The van der Waals surface area contributed by atoms with E-state index < -0.39 is 0 Å². The summed E-state index contributed by atoms with van der Waals surface area (Å²) in [7, 11) is 0. The quantitative estimate of drug-likeness (QED) is 0.587. The van der Waals surface area contributed by atoms with Gasteiger partial charge in [-0.1, -0.05) is 36.4 Å². The smallest absolute Gasteiger partial charge is 0.262 e. The highest BCUT2D eigenvalue weighted by atomic mass is 16.3. The highest BCUT2D eigenvalue weighted by Crippen LogP contribution is 2.42. The maximum absolute atomic E-state index is 13.5. The van der Waals surface area contributed by atoms with Crippen molar-refractivity contribution in [1.29, 1.82) is 0 Å². The molecule has 0 saturated carbocycles. The number of benzene rings is 2. The molecular formula is C25H26N2O3. The molecule has 30 heavy (non-hydrogen) atoms. The highest BCUT2D eigenvalue weighted by Gasteiger charge is 2.38. The molecule has 0 aliphatic carbocycles. The Kier molecular flexibility index (Phi) is 5.20. The molecule has 0 saturated heterocycles. The van der Waals surface area contributed by atoms with Gasteiger partial charge in [-0.3, -0.25) is 9.59 Å². The maximum Gasteiger partial charge on any atom is 0.262 e. The average molecular weight is 402 g/mol. The molecule has 5 nitrogen and oxygen atoms in total. The second-order valence-electron chi connectivity index (χ2n) is 7.89. The van der Waals surface area contributed by atoms with Gasteiger partial charge < -0.3 is 14.2 Å². The Labute approximate surface area is 176 Å². The lowest BCUT2D eigenvalue weighted by Crippen LogP contribution is -2.47. The summed E-state index contributed by atoms with van der Waals surface area (Å²) in [4.78, 5) is 29.8. The van der Waals surface area contributed by atoms with Crippen molar-refractivity contribution in [3.63, 3.8) is 0 Å². The van der Waals surface area contributed by atoms with Crippen LogP contribution in [-0.2, 0) is 4.79 Å². The lowest BCUT2D eigenvalue weighted by molar-refractivity contribution is -0.117. The third kappa shape index (κ3) is 3.41. The standard InChI is InChI=1S/C25H26N2O3/c1-16-14-24(27(19(4)28)20-10-6-5-7-11-20)21-12-8-9-13-23(21)26(16)25(29)22-15-17(2)30-18(22)3/h5-13,15-16,24H,14H2,1-4H3. The SMILES string of the molecule is CC(=O)N(c1ccccc1)C1CC(C)N(C(=O)c2cc(C)oc2C)c2ccccc21. The van der Waals surface area contributed by atoms with Gasteiger partial charge in [-0.05, 0) is 57.0 Å². The number of furan rings is 1. The maximum atomic E-state index is 13.5. The molecular weight excluding hydrogens is 376 g/mol. The highest BCUT2D eigenvalue weighted by molar-refractivity contribution is 6.08. The van der Waals surface area contributed by atoms with Crippen molar-refractivity contribution in [2.24, 2.45) is 0 Å². The number of nitrogens with zero attached hydrogens (tertiary/aromatic N) is 2. The van der Waals surface area contributed by atoms with E-state index in [1.165, 1.54) is 0 Å². The number of hydrogen-bond acceptors (Lipinski definition) is 3. The minimum absolute atomic E-state index is 0.0192. The Morgan fingerprint density at radius 2 is 1.70 bits per heavy atom. The summed E-state index contributed by atoms with van der Waals surface area (Å²) >= 11 is 0. The summed E-state index contributed by atoms with van der Waals surface area (Å²) in [5, 5.41) is 0. The third-order valence-corrected chi connectivity index (χ3v) is 5.74. The first-order chi connectivity index (χ1) is 14.4. The van der Waals surface area contributed by atoms with Gasteiger partial charge in [-0.15, -0.1) is 0 Å². The van der Waals surface area contributed by atoms with E-state index in [0.29, 0.717) is 17.7 Å². The molecule has 0 radical (unpaired) electrons. The van der Waals surface area contributed by atoms with Crippen molar-refractivity contribution in [3.8, 4) is 0 Å². The molecule has 4 rings (SSSR count). The van der Waals surface area contributed by atoms with Crippen molar-refractivity contribution in [2.45, 2.75) is 46.2 Å². The van der Waals surface area contributed by atoms with Crippen LogP contribution in [-0.4, -0.2) is 17.9 Å². The summed E-state index contributed by atoms with van der Waals surface area (Å²) in [5.74, 6) is 1.25. The van der Waals surface area contributed by atoms with Crippen molar-refractivity contribution in [1.82, 2.24) is 0 Å². The average Bonchev–Trinajstić information content (AvgIpc) is 3.06. The Morgan fingerprint density at radius 3 is 2.33 bits per heavy atom. The third-order valence-electron chi connectivity index (χ3n) is 5.74. The number of rotatable bonds is 3. The van der Waals surface area contributed by atoms with Crippen molar-refractivity contribution in [3.05, 3.63) is 83.3 Å². The number of hydrogen-bond donors (Lipinski definition) is 0. The van der Waals surface area contributed by atoms with Gasteiger partial charge >= 0.3 is 0 Å². The molecule has 2 unspecified atom stereocenters. The van der Waals surface area contributed by atoms with Crippen LogP contribution >= 0.6 is 0 Å². The van der Waals surface area contributed by atoms with E-state index in [-0.39, 0.29) is 23.9 Å². The van der Waals surface area contributed by atoms with Gasteiger partial charge in [0.1, 0.15) is 11.5 Å². The number of para-hydroxylation sites is 2. The van der Waals surface area contributed by atoms with E-state index in [2.05, 4.69) is 0 Å². The van der Waals surface area contributed by atoms with E-state index in [9.17, 15) is 9.59 Å². The zero-order chi connectivity index (χ0) is 21.4. The largest absolute Gasteiger partial charge is 0.466 e. The van der Waals surface area contributed by atoms with Crippen LogP contribution in [0.1, 0.15) is 53.8 Å². The molecule has 0 spiro atoms. The second-order valence-corrected chi connectivity index (χ2v) is 7.89. The first-order valence-electron chi connectivity index (χ1n) is 10.2. The van der Waals surface area contributed by atoms with Gasteiger partial charge in [-0.25, -0.2) is 0 Å². The molecule has 3 aromatic rings. The molecule has 2 aromatic carbocycles. The zero-order valence-corrected chi connectivity index (χ0v) is 17.8. The van der Waals surface area contributed by atoms with Gasteiger partial charge in [0.2, 0.25) is 5.91 Å². The fourth-order valence-corrected chi connectivity index (χ4v) is 4.48. The Hall–Kier alpha value is -3.34. The van der Waals surface area contributed by atoms with Crippen LogP contribution in [0, 0.1) is 13.8 Å². The fourth-order valence-electron chi connectivity index (χ4n) is 4.48. The van der Waals surface area contributed by atoms with Crippen LogP contribution < -0.4 is 9.80 Å². The summed E-state index contributed by atoms with van der Waals surface area (Å²) in [5.41, 5.74) is 3.25. The summed E-state index contributed by atoms with van der Waals surface area (Å²) in [6.07, 6.45) is 0.646. The van der Waals surface area contributed by atoms with Crippen molar-refractivity contribution < 1.29 is 14.0 Å². The molecule has 2 atom stereocenters. The van der Waals surface area contributed by atoms with Gasteiger partial charge in [0, 0.05) is 24.3 Å². The van der Waals surface area contributed by atoms with Crippen LogP contribution in [0.15, 0.2) is 65.1 Å². The topological polar surface area (TPSA) is 53.8 Å². The van der Waals surface area contributed by atoms with Crippen LogP contribution in [0.3, 0.4) is 0 Å². The second kappa shape index (κ2) is 7.82. The summed E-state index contributed by atoms with van der Waals surface area (Å²) in [6, 6.07) is 19.1. The predicted molar refractivity (Wildman–Crippen MR) is 118 cm³/mol. The van der Waals surface area contributed by atoms with E-state index in [4.69, 9.17) is 4.42 Å². The molecule has 1 aliphatic rings. The van der Waals surface area contributed by atoms with Crippen LogP contribution in [0.5, 0.6) is 0 Å². The fraction of sp³-hybridized carbons (Fsp3) is 0.280. The monoisotopic (exact) mass is 402 g/mol. The number of amides is 2. The molecule has 2 amide bonds. The van der Waals surface area contributed by atoms with Gasteiger partial charge in [-0.2, -0.15) is 0 Å². The number of fused-ring (bicyclic) bond motifs is 1. The first kappa shape index (κ1) is 20.0. The number of carbonyl (C=O) groups excluding carboxylic acids is 2. The minimum atomic E-state index is -0.146. The van der Waals surface area contributed by atoms with Crippen molar-refractivity contribution in [2.75, 3.05) is 9.80 Å². The van der Waals surface area contributed by atoms with Gasteiger partial charge in [0.05, 0.1) is 11.6 Å². The normalized spacial score (nSPS) is 18.1.